The maximum absolute atomic E-state index is 10.6. The van der Waals surface area contributed by atoms with Crippen molar-refractivity contribution >= 4 is 27.7 Å². The van der Waals surface area contributed by atoms with E-state index in [0.29, 0.717) is 23.6 Å². The lowest BCUT2D eigenvalue weighted by Gasteiger charge is -2.12. The Bertz CT molecular complexity index is 427. The number of nitrogens with one attached hydrogen (secondary N) is 1. The number of hydrogen-bond donors (Lipinski definition) is 2. The zero-order valence-electron chi connectivity index (χ0n) is 9.90. The van der Waals surface area contributed by atoms with Gasteiger partial charge in [0.2, 0.25) is 0 Å². The minimum Gasteiger partial charge on any atom is -0.485 e. The van der Waals surface area contributed by atoms with Crippen molar-refractivity contribution in [1.82, 2.24) is 4.98 Å². The molecule has 0 aliphatic rings. The number of aromatic nitrogens is 1. The number of methoxy groups -OCH3 is 2. The van der Waals surface area contributed by atoms with Crippen molar-refractivity contribution in [1.29, 1.82) is 0 Å². The molecule has 0 radical (unpaired) electrons. The minimum absolute atomic E-state index is 0.258. The third kappa shape index (κ3) is 4.04. The highest BCUT2D eigenvalue weighted by molar-refractivity contribution is 9.10. The van der Waals surface area contributed by atoms with Crippen LogP contribution in [0.3, 0.4) is 0 Å². The maximum Gasteiger partial charge on any atom is 0.409 e. The smallest absolute Gasteiger partial charge is 0.409 e. The molecule has 1 aromatic rings. The summed E-state index contributed by atoms with van der Waals surface area (Å²) < 4.78 is 15.6. The zero-order valence-corrected chi connectivity index (χ0v) is 11.5. The summed E-state index contributed by atoms with van der Waals surface area (Å²) in [5, 5.41) is 10.9. The van der Waals surface area contributed by atoms with Crippen molar-refractivity contribution in [2.24, 2.45) is 0 Å². The number of carboxylic acid groups (broad SMARTS) is 1. The highest BCUT2D eigenvalue weighted by Crippen LogP contribution is 2.33. The van der Waals surface area contributed by atoms with E-state index in [0.717, 1.165) is 0 Å². The number of halogens is 1. The highest BCUT2D eigenvalue weighted by atomic mass is 79.9. The first kappa shape index (κ1) is 14.5. The van der Waals surface area contributed by atoms with E-state index in [-0.39, 0.29) is 11.6 Å². The lowest BCUT2D eigenvalue weighted by molar-refractivity contribution is 0.143. The molecule has 8 heteroatoms. The number of anilines is 1. The number of hydrogen-bond acceptors (Lipinski definition) is 5. The molecular formula is C10H13BrN2O5. The van der Waals surface area contributed by atoms with Gasteiger partial charge in [0.05, 0.1) is 19.4 Å². The number of rotatable bonds is 6. The van der Waals surface area contributed by atoms with E-state index < -0.39 is 6.09 Å². The predicted molar refractivity (Wildman–Crippen MR) is 67.5 cm³/mol. The number of amides is 1. The molecule has 0 fully saturated rings. The molecule has 0 bridgehead atoms. The molecule has 0 saturated heterocycles. The fourth-order valence-corrected chi connectivity index (χ4v) is 1.52. The van der Waals surface area contributed by atoms with Crippen LogP contribution in [0, 0.1) is 0 Å². The van der Waals surface area contributed by atoms with Crippen LogP contribution in [0.1, 0.15) is 0 Å². The predicted octanol–water partition coefficient (Wildman–Crippen LogP) is 1.97. The lowest BCUT2D eigenvalue weighted by Crippen LogP contribution is -2.10. The van der Waals surface area contributed by atoms with Gasteiger partial charge in [-0.05, 0) is 15.9 Å². The SMILES string of the molecule is COCCOc1cc(NC(=O)O)c(Br)nc1OC. The van der Waals surface area contributed by atoms with Crippen LogP contribution in [0.25, 0.3) is 0 Å². The van der Waals surface area contributed by atoms with E-state index in [4.69, 9.17) is 19.3 Å². The van der Waals surface area contributed by atoms with E-state index in [1.54, 1.807) is 7.11 Å². The summed E-state index contributed by atoms with van der Waals surface area (Å²) in [5.74, 6) is 0.593. The van der Waals surface area contributed by atoms with Crippen molar-refractivity contribution in [2.45, 2.75) is 0 Å². The third-order valence-electron chi connectivity index (χ3n) is 1.89. The van der Waals surface area contributed by atoms with Gasteiger partial charge < -0.3 is 19.3 Å². The Morgan fingerprint density at radius 2 is 2.22 bits per heavy atom. The molecule has 7 nitrogen and oxygen atoms in total. The second kappa shape index (κ2) is 7.02. The van der Waals surface area contributed by atoms with Crippen LogP contribution in [0.15, 0.2) is 10.7 Å². The molecular weight excluding hydrogens is 308 g/mol. The number of nitrogens with zero attached hydrogens (tertiary/aromatic N) is 1. The molecule has 0 aliphatic heterocycles. The fraction of sp³-hybridized carbons (Fsp3) is 0.400. The van der Waals surface area contributed by atoms with Crippen LogP contribution in [0.4, 0.5) is 10.5 Å². The summed E-state index contributed by atoms with van der Waals surface area (Å²) in [5.41, 5.74) is 0.274. The maximum atomic E-state index is 10.6. The van der Waals surface area contributed by atoms with Gasteiger partial charge in [0, 0.05) is 13.2 Å². The molecule has 0 atom stereocenters. The first-order chi connectivity index (χ1) is 8.58. The molecule has 0 aromatic carbocycles. The molecule has 0 unspecified atom stereocenters. The van der Waals surface area contributed by atoms with Crippen LogP contribution in [-0.4, -0.2) is 43.6 Å². The van der Waals surface area contributed by atoms with Crippen LogP contribution in [-0.2, 0) is 4.74 Å². The standard InChI is InChI=1S/C10H13BrN2O5/c1-16-3-4-18-7-5-6(12-10(14)15)8(11)13-9(7)17-2/h5,12H,3-4H2,1-2H3,(H,14,15). The Morgan fingerprint density at radius 3 is 2.78 bits per heavy atom. The van der Waals surface area contributed by atoms with Crippen molar-refractivity contribution in [3.05, 3.63) is 10.7 Å². The van der Waals surface area contributed by atoms with Gasteiger partial charge in [0.25, 0.3) is 5.88 Å². The first-order valence-electron chi connectivity index (χ1n) is 4.94. The largest absolute Gasteiger partial charge is 0.485 e. The van der Waals surface area contributed by atoms with E-state index in [2.05, 4.69) is 26.2 Å². The molecule has 0 saturated carbocycles. The first-order valence-corrected chi connectivity index (χ1v) is 5.74. The summed E-state index contributed by atoms with van der Waals surface area (Å²) in [6.45, 7) is 0.712. The molecule has 1 amide bonds. The average Bonchev–Trinajstić information content (AvgIpc) is 2.32. The molecule has 1 heterocycles. The second-order valence-corrected chi connectivity index (χ2v) is 3.86. The molecule has 1 aromatic heterocycles. The lowest BCUT2D eigenvalue weighted by atomic mass is 10.4. The van der Waals surface area contributed by atoms with E-state index in [9.17, 15) is 4.79 Å². The molecule has 0 spiro atoms. The Labute approximate surface area is 112 Å². The zero-order chi connectivity index (χ0) is 13.5. The van der Waals surface area contributed by atoms with Crippen molar-refractivity contribution < 1.29 is 24.1 Å². The summed E-state index contributed by atoms with van der Waals surface area (Å²) in [6.07, 6.45) is -1.19. The van der Waals surface area contributed by atoms with Gasteiger partial charge in [0.1, 0.15) is 11.2 Å². The van der Waals surface area contributed by atoms with Gasteiger partial charge in [0.15, 0.2) is 5.75 Å². The quantitative estimate of drug-likeness (QED) is 0.615. The van der Waals surface area contributed by atoms with Crippen LogP contribution in [0.5, 0.6) is 11.6 Å². The summed E-state index contributed by atoms with van der Waals surface area (Å²) in [6, 6.07) is 1.49. The Morgan fingerprint density at radius 1 is 1.50 bits per heavy atom. The molecule has 18 heavy (non-hydrogen) atoms. The monoisotopic (exact) mass is 320 g/mol. The average molecular weight is 321 g/mol. The third-order valence-corrected chi connectivity index (χ3v) is 2.49. The highest BCUT2D eigenvalue weighted by Gasteiger charge is 2.13. The van der Waals surface area contributed by atoms with Crippen molar-refractivity contribution in [2.75, 3.05) is 32.8 Å². The van der Waals surface area contributed by atoms with Gasteiger partial charge >= 0.3 is 6.09 Å². The van der Waals surface area contributed by atoms with Crippen molar-refractivity contribution in [3.63, 3.8) is 0 Å². The van der Waals surface area contributed by atoms with Crippen LogP contribution >= 0.6 is 15.9 Å². The van der Waals surface area contributed by atoms with Crippen molar-refractivity contribution in [3.8, 4) is 11.6 Å². The number of carbonyl (C=O) groups is 1. The fourth-order valence-electron chi connectivity index (χ4n) is 1.14. The molecule has 2 N–H and O–H groups in total. The molecule has 100 valence electrons. The van der Waals surface area contributed by atoms with Gasteiger partial charge in [-0.2, -0.15) is 0 Å². The minimum atomic E-state index is -1.19. The van der Waals surface area contributed by atoms with Gasteiger partial charge in [-0.3, -0.25) is 5.32 Å². The molecule has 0 aliphatic carbocycles. The summed E-state index contributed by atoms with van der Waals surface area (Å²) in [7, 11) is 3.00. The Balaban J connectivity index is 2.94. The normalized spacial score (nSPS) is 9.94. The van der Waals surface area contributed by atoms with E-state index in [1.165, 1.54) is 13.2 Å². The second-order valence-electron chi connectivity index (χ2n) is 3.11. The number of ether oxygens (including phenoxy) is 3. The number of pyridine rings is 1. The summed E-state index contributed by atoms with van der Waals surface area (Å²) >= 11 is 3.14. The van der Waals surface area contributed by atoms with E-state index in [1.807, 2.05) is 0 Å². The van der Waals surface area contributed by atoms with E-state index >= 15 is 0 Å². The van der Waals surface area contributed by atoms with Crippen LogP contribution < -0.4 is 14.8 Å². The van der Waals surface area contributed by atoms with Gasteiger partial charge in [-0.25, -0.2) is 9.78 Å². The topological polar surface area (TPSA) is 89.9 Å². The Hall–Kier alpha value is -1.54. The van der Waals surface area contributed by atoms with Crippen LogP contribution in [0.2, 0.25) is 0 Å². The summed E-state index contributed by atoms with van der Waals surface area (Å²) in [4.78, 5) is 14.6. The Kier molecular flexibility index (Phi) is 5.66. The van der Waals surface area contributed by atoms with Gasteiger partial charge in [-0.1, -0.05) is 0 Å². The molecule has 1 rings (SSSR count). The van der Waals surface area contributed by atoms with Gasteiger partial charge in [-0.15, -0.1) is 0 Å².